The van der Waals surface area contributed by atoms with Gasteiger partial charge in [-0.15, -0.1) is 0 Å². The number of hydrogen-bond donors (Lipinski definition) is 5. The van der Waals surface area contributed by atoms with Gasteiger partial charge in [0.25, 0.3) is 5.91 Å². The number of carbonyl (C=O) groups excluding carboxylic acids is 2. The molecular formula is C29H33F4N5O3. The molecule has 2 aromatic rings. The van der Waals surface area contributed by atoms with Crippen molar-refractivity contribution < 1.29 is 31.9 Å². The monoisotopic (exact) mass is 575 g/mol. The summed E-state index contributed by atoms with van der Waals surface area (Å²) in [6.07, 6.45) is 3.43. The van der Waals surface area contributed by atoms with Gasteiger partial charge in [0.15, 0.2) is 0 Å². The zero-order chi connectivity index (χ0) is 29.5. The Hall–Kier alpha value is -3.93. The van der Waals surface area contributed by atoms with Crippen LogP contribution >= 0.6 is 0 Å². The molecule has 0 bridgehead atoms. The van der Waals surface area contributed by atoms with E-state index in [1.807, 2.05) is 0 Å². The van der Waals surface area contributed by atoms with E-state index in [-0.39, 0.29) is 43.5 Å². The third-order valence-corrected chi connectivity index (χ3v) is 7.28. The molecule has 1 saturated carbocycles. The lowest BCUT2D eigenvalue weighted by Gasteiger charge is -2.28. The first-order chi connectivity index (χ1) is 19.6. The summed E-state index contributed by atoms with van der Waals surface area (Å²) in [5, 5.41) is 19.1. The normalized spacial score (nSPS) is 19.9. The van der Waals surface area contributed by atoms with Gasteiger partial charge in [-0.05, 0) is 48.7 Å². The minimum Gasteiger partial charge on any atom is -0.387 e. The number of benzene rings is 2. The summed E-state index contributed by atoms with van der Waals surface area (Å²) in [5.74, 6) is -1.99. The van der Waals surface area contributed by atoms with Crippen molar-refractivity contribution in [2.75, 3.05) is 18.5 Å². The van der Waals surface area contributed by atoms with Crippen LogP contribution in [-0.4, -0.2) is 42.8 Å². The van der Waals surface area contributed by atoms with E-state index in [4.69, 9.17) is 10.1 Å². The molecule has 8 nitrogen and oxygen atoms in total. The van der Waals surface area contributed by atoms with Crippen LogP contribution in [0, 0.1) is 11.2 Å². The molecule has 1 aliphatic heterocycles. The summed E-state index contributed by atoms with van der Waals surface area (Å²) in [7, 11) is 0. The third-order valence-electron chi connectivity index (χ3n) is 7.28. The number of alkyl halides is 3. The molecule has 12 heteroatoms. The van der Waals surface area contributed by atoms with Crippen molar-refractivity contribution in [3.05, 3.63) is 71.2 Å². The molecule has 1 aliphatic carbocycles. The summed E-state index contributed by atoms with van der Waals surface area (Å²) >= 11 is 0. The molecule has 2 aliphatic rings. The maximum absolute atomic E-state index is 13.4. The van der Waals surface area contributed by atoms with Crippen LogP contribution in [0.2, 0.25) is 0 Å². The summed E-state index contributed by atoms with van der Waals surface area (Å²) in [6, 6.07) is 8.99. The second-order valence-electron chi connectivity index (χ2n) is 10.3. The van der Waals surface area contributed by atoms with Crippen molar-refractivity contribution in [2.24, 2.45) is 0 Å². The van der Waals surface area contributed by atoms with Crippen LogP contribution in [-0.2, 0) is 27.0 Å². The maximum atomic E-state index is 13.4. The van der Waals surface area contributed by atoms with Gasteiger partial charge in [-0.3, -0.25) is 9.59 Å². The molecule has 0 radical (unpaired) electrons. The van der Waals surface area contributed by atoms with Gasteiger partial charge in [-0.25, -0.2) is 4.39 Å². The van der Waals surface area contributed by atoms with Gasteiger partial charge in [0, 0.05) is 43.7 Å². The molecule has 2 aromatic carbocycles. The lowest BCUT2D eigenvalue weighted by atomic mass is 9.95. The van der Waals surface area contributed by atoms with E-state index in [0.717, 1.165) is 44.0 Å². The Morgan fingerprint density at radius 1 is 1.07 bits per heavy atom. The average molecular weight is 576 g/mol. The minimum atomic E-state index is -4.73. The smallest absolute Gasteiger partial charge is 0.387 e. The van der Waals surface area contributed by atoms with E-state index in [2.05, 4.69) is 21.3 Å². The topological polar surface area (TPSA) is 115 Å². The van der Waals surface area contributed by atoms with Gasteiger partial charge in [0.05, 0.1) is 23.4 Å². The highest BCUT2D eigenvalue weighted by molar-refractivity contribution is 6.12. The molecule has 1 atom stereocenters. The molecule has 2 amide bonds. The number of hydrogen-bond acceptors (Lipinski definition) is 6. The van der Waals surface area contributed by atoms with Crippen LogP contribution in [0.1, 0.15) is 49.7 Å². The van der Waals surface area contributed by atoms with Crippen molar-refractivity contribution in [1.82, 2.24) is 16.0 Å². The molecule has 5 N–H and O–H groups in total. The molecule has 1 heterocycles. The zero-order valence-electron chi connectivity index (χ0n) is 22.4. The van der Waals surface area contributed by atoms with Gasteiger partial charge < -0.3 is 31.4 Å². The highest BCUT2D eigenvalue weighted by Gasteiger charge is 2.44. The summed E-state index contributed by atoms with van der Waals surface area (Å²) < 4.78 is 58.7. The van der Waals surface area contributed by atoms with E-state index < -0.39 is 34.9 Å². The van der Waals surface area contributed by atoms with Gasteiger partial charge in [0.1, 0.15) is 11.4 Å². The molecule has 2 fully saturated rings. The standard InChI is InChI=1S/C29H33F4N5O3/c30-21-8-11-25(24(14-21)29(31,32)33)37-23-9-6-19(7-10-23)16-36-27(40)28(12-13-41-18-28)38-26(39)20(15-34)17-35-22-4-2-1-3-5-22/h6-11,14-15,17,22,34-35,37H,1-5,12-13,16,18H2,(H,36,40)(H,38,39)/b20-17+,34-15?/t28-/m0/s1. The van der Waals surface area contributed by atoms with Crippen LogP contribution in [0.15, 0.2) is 54.2 Å². The highest BCUT2D eigenvalue weighted by atomic mass is 19.4. The number of amides is 2. The van der Waals surface area contributed by atoms with Crippen LogP contribution in [0.4, 0.5) is 28.9 Å². The predicted octanol–water partition coefficient (Wildman–Crippen LogP) is 4.94. The van der Waals surface area contributed by atoms with Crippen molar-refractivity contribution in [1.29, 1.82) is 5.41 Å². The lowest BCUT2D eigenvalue weighted by Crippen LogP contribution is -2.59. The van der Waals surface area contributed by atoms with E-state index in [1.165, 1.54) is 12.6 Å². The Morgan fingerprint density at radius 3 is 2.44 bits per heavy atom. The first-order valence-corrected chi connectivity index (χ1v) is 13.5. The quantitative estimate of drug-likeness (QED) is 0.157. The Morgan fingerprint density at radius 2 is 1.80 bits per heavy atom. The molecule has 220 valence electrons. The minimum absolute atomic E-state index is 0.0199. The molecule has 0 unspecified atom stereocenters. The second kappa shape index (κ2) is 13.2. The Labute approximate surface area is 235 Å². The largest absolute Gasteiger partial charge is 0.418 e. The predicted molar refractivity (Wildman–Crippen MR) is 146 cm³/mol. The summed E-state index contributed by atoms with van der Waals surface area (Å²) in [4.78, 5) is 26.2. The van der Waals surface area contributed by atoms with Crippen molar-refractivity contribution in [2.45, 2.75) is 62.8 Å². The molecule has 4 rings (SSSR count). The first kappa shape index (κ1) is 30.0. The summed E-state index contributed by atoms with van der Waals surface area (Å²) in [6.45, 7) is 0.354. The van der Waals surface area contributed by atoms with Crippen molar-refractivity contribution in [3.63, 3.8) is 0 Å². The van der Waals surface area contributed by atoms with Crippen LogP contribution in [0.5, 0.6) is 0 Å². The van der Waals surface area contributed by atoms with Crippen LogP contribution in [0.3, 0.4) is 0 Å². The molecule has 0 spiro atoms. The fraction of sp³-hybridized carbons (Fsp3) is 0.414. The number of anilines is 2. The third kappa shape index (κ3) is 7.84. The van der Waals surface area contributed by atoms with E-state index in [9.17, 15) is 27.2 Å². The number of carbonyl (C=O) groups is 2. The number of rotatable bonds is 10. The molecule has 41 heavy (non-hydrogen) atoms. The molecule has 0 aromatic heterocycles. The van der Waals surface area contributed by atoms with E-state index in [1.54, 1.807) is 24.3 Å². The van der Waals surface area contributed by atoms with Crippen LogP contribution in [0.25, 0.3) is 0 Å². The molecule has 1 saturated heterocycles. The zero-order valence-corrected chi connectivity index (χ0v) is 22.4. The first-order valence-electron chi connectivity index (χ1n) is 13.5. The summed E-state index contributed by atoms with van der Waals surface area (Å²) in [5.41, 5.74) is -1.60. The fourth-order valence-corrected chi connectivity index (χ4v) is 4.91. The SMILES string of the molecule is N=C/C(=C\NC1CCCCC1)C(=O)N[C@@]1(C(=O)NCc2ccc(Nc3ccc(F)cc3C(F)(F)F)cc2)CCOC1. The van der Waals surface area contributed by atoms with Gasteiger partial charge in [-0.1, -0.05) is 31.4 Å². The Kier molecular flexibility index (Phi) is 9.64. The molecular weight excluding hydrogens is 542 g/mol. The maximum Gasteiger partial charge on any atom is 0.418 e. The fourth-order valence-electron chi connectivity index (χ4n) is 4.91. The number of ether oxygens (including phenoxy) is 1. The van der Waals surface area contributed by atoms with Gasteiger partial charge in [-0.2, -0.15) is 13.2 Å². The lowest BCUT2D eigenvalue weighted by molar-refractivity contribution is -0.137. The van der Waals surface area contributed by atoms with Crippen molar-refractivity contribution >= 4 is 29.4 Å². The second-order valence-corrected chi connectivity index (χ2v) is 10.3. The highest BCUT2D eigenvalue weighted by Crippen LogP contribution is 2.36. The number of halogens is 4. The van der Waals surface area contributed by atoms with E-state index in [0.29, 0.717) is 17.3 Å². The van der Waals surface area contributed by atoms with Crippen molar-refractivity contribution in [3.8, 4) is 0 Å². The Bertz CT molecular complexity index is 1270. The van der Waals surface area contributed by atoms with Gasteiger partial charge >= 0.3 is 6.18 Å². The van der Waals surface area contributed by atoms with Gasteiger partial charge in [0.2, 0.25) is 5.91 Å². The Balaban J connectivity index is 1.36. The van der Waals surface area contributed by atoms with E-state index >= 15 is 0 Å². The average Bonchev–Trinajstić information content (AvgIpc) is 3.43. The number of nitrogens with one attached hydrogen (secondary N) is 5. The van der Waals surface area contributed by atoms with Crippen LogP contribution < -0.4 is 21.3 Å².